The van der Waals surface area contributed by atoms with E-state index in [0.29, 0.717) is 12.0 Å². The minimum absolute atomic E-state index is 0.0208. The number of allylic oxidation sites excluding steroid dienone is 2. The predicted molar refractivity (Wildman–Crippen MR) is 134 cm³/mol. The highest BCUT2D eigenvalue weighted by atomic mass is 127. The van der Waals surface area contributed by atoms with Gasteiger partial charge in [0.05, 0.1) is 37.6 Å². The van der Waals surface area contributed by atoms with Gasteiger partial charge in [0.1, 0.15) is 12.2 Å². The molecule has 186 valence electrons. The molecule has 8 heteroatoms. The molecule has 0 amide bonds. The summed E-state index contributed by atoms with van der Waals surface area (Å²) in [6, 6.07) is 1.96. The fraction of sp³-hybridized carbons (Fsp3) is 0.519. The Balaban J connectivity index is 1.53. The molecule has 2 heterocycles. The van der Waals surface area contributed by atoms with Crippen molar-refractivity contribution in [3.63, 3.8) is 0 Å². The fourth-order valence-electron chi connectivity index (χ4n) is 6.75. The van der Waals surface area contributed by atoms with E-state index in [1.165, 1.54) is 18.8 Å². The van der Waals surface area contributed by atoms with Crippen molar-refractivity contribution in [2.75, 3.05) is 7.11 Å². The predicted octanol–water partition coefficient (Wildman–Crippen LogP) is 4.67. The molecule has 5 rings (SSSR count). The molecular formula is C27H29IO7. The van der Waals surface area contributed by atoms with E-state index in [1.807, 2.05) is 13.0 Å². The van der Waals surface area contributed by atoms with Crippen LogP contribution in [0.5, 0.6) is 0 Å². The number of halogens is 1. The molecule has 1 aliphatic heterocycles. The van der Waals surface area contributed by atoms with E-state index in [4.69, 9.17) is 18.6 Å². The number of ketones is 1. The number of ether oxygens (including phenoxy) is 3. The van der Waals surface area contributed by atoms with Crippen LogP contribution in [0, 0.1) is 22.7 Å². The molecule has 2 fully saturated rings. The van der Waals surface area contributed by atoms with Gasteiger partial charge in [-0.05, 0) is 66.1 Å². The average Bonchev–Trinajstić information content (AvgIpc) is 3.52. The van der Waals surface area contributed by atoms with Crippen LogP contribution in [0.25, 0.3) is 0 Å². The largest absolute Gasteiger partial charge is 0.472 e. The number of methoxy groups -OCH3 is 1. The van der Waals surface area contributed by atoms with Gasteiger partial charge in [-0.15, -0.1) is 0 Å². The van der Waals surface area contributed by atoms with E-state index in [2.05, 4.69) is 36.1 Å². The molecule has 1 aromatic heterocycles. The maximum Gasteiger partial charge on any atom is 0.316 e. The highest BCUT2D eigenvalue weighted by molar-refractivity contribution is 14.1. The summed E-state index contributed by atoms with van der Waals surface area (Å²) in [5.41, 5.74) is 0.855. The van der Waals surface area contributed by atoms with E-state index in [-0.39, 0.29) is 30.2 Å². The van der Waals surface area contributed by atoms with Gasteiger partial charge in [0.25, 0.3) is 0 Å². The van der Waals surface area contributed by atoms with Crippen molar-refractivity contribution >= 4 is 40.3 Å². The second-order valence-corrected chi connectivity index (χ2v) is 11.6. The molecule has 3 aliphatic carbocycles. The van der Waals surface area contributed by atoms with Crippen LogP contribution < -0.4 is 0 Å². The van der Waals surface area contributed by atoms with Crippen LogP contribution in [-0.2, 0) is 28.6 Å². The molecular weight excluding hydrogens is 563 g/mol. The quantitative estimate of drug-likeness (QED) is 0.279. The SMILES string of the molecule is C=C1[C@H](O[C@@H]2C[C@H](c3ccoc3)C(C)=C2I)[C@@H]2OC(=O)[C@]3(C)C=CC(=O)[C@@](C)([C@@H]23)[C@H]1CC(=O)OC. The number of carbonyl (C=O) groups is 3. The third-order valence-electron chi connectivity index (χ3n) is 8.74. The van der Waals surface area contributed by atoms with Crippen molar-refractivity contribution in [3.8, 4) is 0 Å². The summed E-state index contributed by atoms with van der Waals surface area (Å²) in [6.45, 7) is 10.0. The second kappa shape index (κ2) is 8.44. The van der Waals surface area contributed by atoms with Crippen molar-refractivity contribution in [2.24, 2.45) is 22.7 Å². The Morgan fingerprint density at radius 1 is 1.31 bits per heavy atom. The standard InChI is InChI=1S/C27H29IO7/c1-13-16(15-7-9-33-12-15)10-18(21(13)28)34-22-14(2)17(11-20(30)32-5)27(4)19(29)6-8-26(3)24(27)23(22)35-25(26)31/h6-9,12,16-18,22-24H,2,10-11H2,1,3-5H3/t16-,17-,18+,22-,23-,24-,26+,27-/m0/s1. The van der Waals surface area contributed by atoms with Gasteiger partial charge in [0, 0.05) is 26.7 Å². The summed E-state index contributed by atoms with van der Waals surface area (Å²) in [7, 11) is 1.33. The summed E-state index contributed by atoms with van der Waals surface area (Å²) in [5.74, 6) is -1.83. The molecule has 0 bridgehead atoms. The maximum absolute atomic E-state index is 13.4. The number of hydrogen-bond donors (Lipinski definition) is 0. The van der Waals surface area contributed by atoms with Gasteiger partial charge in [-0.1, -0.05) is 25.2 Å². The van der Waals surface area contributed by atoms with Crippen molar-refractivity contribution in [1.82, 2.24) is 0 Å². The van der Waals surface area contributed by atoms with Crippen LogP contribution in [0.3, 0.4) is 0 Å². The van der Waals surface area contributed by atoms with Crippen LogP contribution in [-0.4, -0.2) is 43.1 Å². The highest BCUT2D eigenvalue weighted by Gasteiger charge is 2.71. The van der Waals surface area contributed by atoms with Gasteiger partial charge in [-0.3, -0.25) is 14.4 Å². The second-order valence-electron chi connectivity index (χ2n) is 10.4. The van der Waals surface area contributed by atoms with Crippen LogP contribution in [0.1, 0.15) is 45.1 Å². The molecule has 35 heavy (non-hydrogen) atoms. The summed E-state index contributed by atoms with van der Waals surface area (Å²) in [6.07, 6.45) is 5.66. The number of carbonyl (C=O) groups excluding carboxylic acids is 3. The molecule has 0 spiro atoms. The molecule has 0 aromatic carbocycles. The van der Waals surface area contributed by atoms with Crippen LogP contribution >= 0.6 is 22.6 Å². The van der Waals surface area contributed by atoms with Crippen molar-refractivity contribution in [1.29, 1.82) is 0 Å². The first-order valence-electron chi connectivity index (χ1n) is 11.8. The lowest BCUT2D eigenvalue weighted by molar-refractivity contribution is -0.161. The Bertz CT molecular complexity index is 1160. The minimum atomic E-state index is -1.04. The molecule has 4 aliphatic rings. The highest BCUT2D eigenvalue weighted by Crippen LogP contribution is 2.63. The summed E-state index contributed by atoms with van der Waals surface area (Å²) >= 11 is 2.32. The minimum Gasteiger partial charge on any atom is -0.472 e. The third-order valence-corrected chi connectivity index (χ3v) is 10.3. The van der Waals surface area contributed by atoms with E-state index in [9.17, 15) is 14.4 Å². The first kappa shape index (κ1) is 24.5. The lowest BCUT2D eigenvalue weighted by atomic mass is 9.47. The van der Waals surface area contributed by atoms with E-state index in [1.54, 1.807) is 25.5 Å². The normalized spacial score (nSPS) is 40.2. The Kier molecular flexibility index (Phi) is 5.90. The van der Waals surface area contributed by atoms with Gasteiger partial charge in [-0.25, -0.2) is 0 Å². The summed E-state index contributed by atoms with van der Waals surface area (Å²) < 4.78 is 24.0. The van der Waals surface area contributed by atoms with Crippen LogP contribution in [0.2, 0.25) is 0 Å². The van der Waals surface area contributed by atoms with E-state index in [0.717, 1.165) is 9.14 Å². The number of esters is 2. The molecule has 7 nitrogen and oxygen atoms in total. The molecule has 1 saturated heterocycles. The maximum atomic E-state index is 13.4. The monoisotopic (exact) mass is 592 g/mol. The van der Waals surface area contributed by atoms with Gasteiger partial charge >= 0.3 is 11.9 Å². The van der Waals surface area contributed by atoms with Crippen molar-refractivity contribution in [3.05, 3.63) is 57.6 Å². The topological polar surface area (TPSA) is 92.0 Å². The third kappa shape index (κ3) is 3.43. The van der Waals surface area contributed by atoms with Crippen molar-refractivity contribution < 1.29 is 33.0 Å². The number of furan rings is 1. The van der Waals surface area contributed by atoms with Crippen LogP contribution in [0.4, 0.5) is 0 Å². The van der Waals surface area contributed by atoms with Gasteiger partial charge in [0.2, 0.25) is 0 Å². The van der Waals surface area contributed by atoms with Gasteiger partial charge < -0.3 is 18.6 Å². The molecule has 0 unspecified atom stereocenters. The first-order chi connectivity index (χ1) is 16.5. The number of hydrogen-bond acceptors (Lipinski definition) is 7. The Morgan fingerprint density at radius 2 is 2.06 bits per heavy atom. The Labute approximate surface area is 218 Å². The zero-order valence-corrected chi connectivity index (χ0v) is 22.4. The summed E-state index contributed by atoms with van der Waals surface area (Å²) in [4.78, 5) is 38.9. The average molecular weight is 592 g/mol. The molecule has 0 N–H and O–H groups in total. The Morgan fingerprint density at radius 3 is 2.71 bits per heavy atom. The zero-order chi connectivity index (χ0) is 25.3. The summed E-state index contributed by atoms with van der Waals surface area (Å²) in [5, 5.41) is 0. The van der Waals surface area contributed by atoms with E-state index < -0.39 is 40.8 Å². The Hall–Kier alpha value is -2.20. The first-order valence-corrected chi connectivity index (χ1v) is 12.9. The van der Waals surface area contributed by atoms with Crippen LogP contribution in [0.15, 0.2) is 56.5 Å². The molecule has 1 aromatic rings. The zero-order valence-electron chi connectivity index (χ0n) is 20.2. The number of rotatable bonds is 5. The van der Waals surface area contributed by atoms with E-state index >= 15 is 0 Å². The molecule has 1 saturated carbocycles. The lowest BCUT2D eigenvalue weighted by Crippen LogP contribution is -2.61. The van der Waals surface area contributed by atoms with Gasteiger partial charge in [-0.2, -0.15) is 0 Å². The van der Waals surface area contributed by atoms with Gasteiger partial charge in [0.15, 0.2) is 5.78 Å². The molecule has 0 radical (unpaired) electrons. The smallest absolute Gasteiger partial charge is 0.316 e. The lowest BCUT2D eigenvalue weighted by Gasteiger charge is -2.54. The molecule has 8 atom stereocenters. The van der Waals surface area contributed by atoms with Crippen molar-refractivity contribution in [2.45, 2.75) is 57.8 Å². The fourth-order valence-corrected chi connectivity index (χ4v) is 7.52.